The quantitative estimate of drug-likeness (QED) is 0.754. The number of hydrogen-bond donors (Lipinski definition) is 1. The van der Waals surface area contributed by atoms with Crippen molar-refractivity contribution in [1.29, 1.82) is 0 Å². The van der Waals surface area contributed by atoms with Gasteiger partial charge >= 0.3 is 0 Å². The van der Waals surface area contributed by atoms with Gasteiger partial charge in [-0.25, -0.2) is 0 Å². The predicted octanol–water partition coefficient (Wildman–Crippen LogP) is 5.46. The molecule has 0 saturated heterocycles. The highest BCUT2D eigenvalue weighted by Gasteiger charge is 2.22. The molecule has 1 atom stereocenters. The van der Waals surface area contributed by atoms with Crippen LogP contribution in [0, 0.1) is 13.8 Å². The normalized spacial score (nSPS) is 12.3. The van der Waals surface area contributed by atoms with Crippen molar-refractivity contribution in [3.05, 3.63) is 61.0 Å². The molecule has 112 valence electrons. The molecular formula is C16H15BrCl2O2. The minimum Gasteiger partial charge on any atom is -0.496 e. The maximum absolute atomic E-state index is 10.7. The fourth-order valence-corrected chi connectivity index (χ4v) is 3.19. The second kappa shape index (κ2) is 6.57. The van der Waals surface area contributed by atoms with Crippen molar-refractivity contribution >= 4 is 39.1 Å². The molecule has 0 bridgehead atoms. The van der Waals surface area contributed by atoms with E-state index in [0.29, 0.717) is 21.4 Å². The summed E-state index contributed by atoms with van der Waals surface area (Å²) < 4.78 is 6.39. The van der Waals surface area contributed by atoms with Gasteiger partial charge in [-0.1, -0.05) is 45.2 Å². The molecule has 5 heteroatoms. The van der Waals surface area contributed by atoms with Gasteiger partial charge < -0.3 is 9.84 Å². The molecule has 0 amide bonds. The van der Waals surface area contributed by atoms with E-state index in [9.17, 15) is 5.11 Å². The van der Waals surface area contributed by atoms with Crippen molar-refractivity contribution in [3.63, 3.8) is 0 Å². The van der Waals surface area contributed by atoms with Crippen LogP contribution < -0.4 is 4.74 Å². The van der Waals surface area contributed by atoms with Crippen molar-refractivity contribution < 1.29 is 9.84 Å². The van der Waals surface area contributed by atoms with Gasteiger partial charge in [-0.05, 0) is 48.7 Å². The van der Waals surface area contributed by atoms with E-state index in [-0.39, 0.29) is 0 Å². The van der Waals surface area contributed by atoms with Crippen LogP contribution in [0.3, 0.4) is 0 Å². The molecule has 1 N–H and O–H groups in total. The Balaban J connectivity index is 2.62. The molecule has 2 nitrogen and oxygen atoms in total. The number of halogens is 3. The lowest BCUT2D eigenvalue weighted by Gasteiger charge is -2.21. The first kappa shape index (κ1) is 16.6. The minimum absolute atomic E-state index is 0.413. The number of benzene rings is 2. The largest absolute Gasteiger partial charge is 0.496 e. The Labute approximate surface area is 142 Å². The maximum Gasteiger partial charge on any atom is 0.128 e. The molecule has 0 heterocycles. The van der Waals surface area contributed by atoms with Gasteiger partial charge in [-0.2, -0.15) is 0 Å². The summed E-state index contributed by atoms with van der Waals surface area (Å²) in [7, 11) is 1.60. The summed E-state index contributed by atoms with van der Waals surface area (Å²) in [5, 5.41) is 11.6. The first-order chi connectivity index (χ1) is 9.86. The number of aryl methyl sites for hydroxylation is 1. The minimum atomic E-state index is -0.842. The molecule has 0 aliphatic rings. The summed E-state index contributed by atoms with van der Waals surface area (Å²) in [6.07, 6.45) is -0.842. The Hall–Kier alpha value is -0.740. The fourth-order valence-electron chi connectivity index (χ4n) is 2.32. The molecule has 0 aromatic heterocycles. The van der Waals surface area contributed by atoms with E-state index in [0.717, 1.165) is 21.2 Å². The molecule has 21 heavy (non-hydrogen) atoms. The molecule has 2 aromatic carbocycles. The lowest BCUT2D eigenvalue weighted by molar-refractivity contribution is 0.213. The Bertz CT molecular complexity index is 686. The zero-order valence-electron chi connectivity index (χ0n) is 11.9. The van der Waals surface area contributed by atoms with Crippen molar-refractivity contribution in [2.24, 2.45) is 0 Å². The average molecular weight is 390 g/mol. The molecule has 0 fully saturated rings. The Kier molecular flexibility index (Phi) is 5.20. The van der Waals surface area contributed by atoms with E-state index in [4.69, 9.17) is 27.9 Å². The number of aliphatic hydroxyl groups excluding tert-OH is 1. The van der Waals surface area contributed by atoms with E-state index >= 15 is 0 Å². The van der Waals surface area contributed by atoms with E-state index in [2.05, 4.69) is 15.9 Å². The highest BCUT2D eigenvalue weighted by atomic mass is 79.9. The van der Waals surface area contributed by atoms with Crippen molar-refractivity contribution in [2.75, 3.05) is 7.11 Å². The van der Waals surface area contributed by atoms with Crippen LogP contribution in [0.5, 0.6) is 5.75 Å². The van der Waals surface area contributed by atoms with Crippen LogP contribution in [0.15, 0.2) is 28.7 Å². The molecule has 0 spiro atoms. The van der Waals surface area contributed by atoms with Gasteiger partial charge in [0.1, 0.15) is 11.9 Å². The van der Waals surface area contributed by atoms with E-state index < -0.39 is 6.10 Å². The zero-order chi connectivity index (χ0) is 15.7. The SMILES string of the molecule is COc1c(C)cc(Br)c(C)c1C(O)c1ccc(Cl)c(Cl)c1. The van der Waals surface area contributed by atoms with Crippen LogP contribution in [-0.4, -0.2) is 12.2 Å². The highest BCUT2D eigenvalue weighted by molar-refractivity contribution is 9.10. The Morgan fingerprint density at radius 2 is 1.81 bits per heavy atom. The van der Waals surface area contributed by atoms with E-state index in [1.807, 2.05) is 19.9 Å². The van der Waals surface area contributed by atoms with Gasteiger partial charge in [0.25, 0.3) is 0 Å². The van der Waals surface area contributed by atoms with Crippen molar-refractivity contribution in [2.45, 2.75) is 20.0 Å². The molecule has 2 aromatic rings. The second-order valence-electron chi connectivity index (χ2n) is 4.82. The molecule has 0 aliphatic carbocycles. The molecule has 2 rings (SSSR count). The monoisotopic (exact) mass is 388 g/mol. The zero-order valence-corrected chi connectivity index (χ0v) is 15.0. The molecule has 0 saturated carbocycles. The highest BCUT2D eigenvalue weighted by Crippen LogP contribution is 2.39. The fraction of sp³-hybridized carbons (Fsp3) is 0.250. The summed E-state index contributed by atoms with van der Waals surface area (Å²) in [5.41, 5.74) is 3.27. The van der Waals surface area contributed by atoms with E-state index in [1.54, 1.807) is 25.3 Å². The van der Waals surface area contributed by atoms with E-state index in [1.165, 1.54) is 0 Å². The van der Waals surface area contributed by atoms with Gasteiger partial charge in [0, 0.05) is 10.0 Å². The topological polar surface area (TPSA) is 29.5 Å². The summed E-state index contributed by atoms with van der Waals surface area (Å²) in [6.45, 7) is 3.87. The lowest BCUT2D eigenvalue weighted by Crippen LogP contribution is -2.07. The second-order valence-corrected chi connectivity index (χ2v) is 6.49. The number of ether oxygens (including phenoxy) is 1. The third-order valence-electron chi connectivity index (χ3n) is 3.45. The van der Waals surface area contributed by atoms with Gasteiger partial charge in [0.05, 0.1) is 17.2 Å². The summed E-state index contributed by atoms with van der Waals surface area (Å²) >= 11 is 15.5. The number of methoxy groups -OCH3 is 1. The third-order valence-corrected chi connectivity index (χ3v) is 5.01. The van der Waals surface area contributed by atoms with Crippen LogP contribution >= 0.6 is 39.1 Å². The summed E-state index contributed by atoms with van der Waals surface area (Å²) in [4.78, 5) is 0. The Morgan fingerprint density at radius 3 is 2.38 bits per heavy atom. The molecule has 0 radical (unpaired) electrons. The van der Waals surface area contributed by atoms with Gasteiger partial charge in [0.15, 0.2) is 0 Å². The maximum atomic E-state index is 10.7. The van der Waals surface area contributed by atoms with Crippen LogP contribution in [0.1, 0.15) is 28.4 Å². The number of hydrogen-bond acceptors (Lipinski definition) is 2. The number of aliphatic hydroxyl groups is 1. The first-order valence-electron chi connectivity index (χ1n) is 6.33. The van der Waals surface area contributed by atoms with Crippen LogP contribution in [-0.2, 0) is 0 Å². The van der Waals surface area contributed by atoms with Crippen molar-refractivity contribution in [3.8, 4) is 5.75 Å². The number of rotatable bonds is 3. The summed E-state index contributed by atoms with van der Waals surface area (Å²) in [5.74, 6) is 0.675. The smallest absolute Gasteiger partial charge is 0.128 e. The van der Waals surface area contributed by atoms with Crippen LogP contribution in [0.4, 0.5) is 0 Å². The van der Waals surface area contributed by atoms with Gasteiger partial charge in [0.2, 0.25) is 0 Å². The third kappa shape index (κ3) is 3.21. The van der Waals surface area contributed by atoms with Crippen LogP contribution in [0.25, 0.3) is 0 Å². The average Bonchev–Trinajstić information content (AvgIpc) is 2.44. The first-order valence-corrected chi connectivity index (χ1v) is 7.88. The Morgan fingerprint density at radius 1 is 1.14 bits per heavy atom. The summed E-state index contributed by atoms with van der Waals surface area (Å²) in [6, 6.07) is 7.08. The molecular weight excluding hydrogens is 375 g/mol. The van der Waals surface area contributed by atoms with Gasteiger partial charge in [-0.15, -0.1) is 0 Å². The standard InChI is InChI=1S/C16H15BrCl2O2/c1-8-6-11(17)9(2)14(16(8)21-3)15(20)10-4-5-12(18)13(19)7-10/h4-7,15,20H,1-3H3. The van der Waals surface area contributed by atoms with Crippen molar-refractivity contribution in [1.82, 2.24) is 0 Å². The molecule has 1 unspecified atom stereocenters. The van der Waals surface area contributed by atoms with Gasteiger partial charge in [-0.3, -0.25) is 0 Å². The van der Waals surface area contributed by atoms with Crippen LogP contribution in [0.2, 0.25) is 10.0 Å². The molecule has 0 aliphatic heterocycles. The predicted molar refractivity (Wildman–Crippen MR) is 90.7 cm³/mol. The lowest BCUT2D eigenvalue weighted by atomic mass is 9.94.